The van der Waals surface area contributed by atoms with Gasteiger partial charge in [0.1, 0.15) is 0 Å². The van der Waals surface area contributed by atoms with E-state index in [0.29, 0.717) is 18.1 Å². The molecule has 1 saturated heterocycles. The van der Waals surface area contributed by atoms with Crippen molar-refractivity contribution < 1.29 is 4.79 Å². The minimum Gasteiger partial charge on any atom is -0.308 e. The predicted molar refractivity (Wildman–Crippen MR) is 111 cm³/mol. The van der Waals surface area contributed by atoms with E-state index >= 15 is 0 Å². The van der Waals surface area contributed by atoms with Crippen molar-refractivity contribution in [3.05, 3.63) is 66.2 Å². The third-order valence-electron chi connectivity index (χ3n) is 5.41. The Balaban J connectivity index is 1.73. The number of benzene rings is 2. The molecule has 2 aromatic rings. The van der Waals surface area contributed by atoms with E-state index in [9.17, 15) is 4.79 Å². The van der Waals surface area contributed by atoms with Crippen LogP contribution in [0.3, 0.4) is 0 Å². The Morgan fingerprint density at radius 3 is 2.26 bits per heavy atom. The van der Waals surface area contributed by atoms with Crippen molar-refractivity contribution >= 4 is 11.6 Å². The van der Waals surface area contributed by atoms with Gasteiger partial charge in [0.25, 0.3) is 0 Å². The van der Waals surface area contributed by atoms with Crippen LogP contribution in [0, 0.1) is 0 Å². The lowest BCUT2D eigenvalue weighted by Crippen LogP contribution is -2.47. The van der Waals surface area contributed by atoms with Crippen LogP contribution < -0.4 is 10.3 Å². The van der Waals surface area contributed by atoms with Crippen LogP contribution in [0.1, 0.15) is 52.1 Å². The van der Waals surface area contributed by atoms with Gasteiger partial charge in [0.2, 0.25) is 5.91 Å². The maximum absolute atomic E-state index is 12.3. The Hall–Kier alpha value is -2.33. The average Bonchev–Trinajstić information content (AvgIpc) is 2.98. The van der Waals surface area contributed by atoms with E-state index in [2.05, 4.69) is 67.5 Å². The minimum atomic E-state index is 0.104. The molecule has 144 valence electrons. The summed E-state index contributed by atoms with van der Waals surface area (Å²) in [6.07, 6.45) is 1.97. The molecular formula is C23H31N3O. The second-order valence-corrected chi connectivity index (χ2v) is 7.72. The third-order valence-corrected chi connectivity index (χ3v) is 5.41. The molecule has 2 aromatic carbocycles. The van der Waals surface area contributed by atoms with Crippen molar-refractivity contribution in [1.29, 1.82) is 0 Å². The lowest BCUT2D eigenvalue weighted by Gasteiger charge is -2.36. The predicted octanol–water partition coefficient (Wildman–Crippen LogP) is 4.55. The fourth-order valence-electron chi connectivity index (χ4n) is 4.30. The zero-order valence-electron chi connectivity index (χ0n) is 16.8. The van der Waals surface area contributed by atoms with Gasteiger partial charge in [-0.2, -0.15) is 0 Å². The molecule has 1 aliphatic rings. The fraction of sp³-hybridized carbons (Fsp3) is 0.435. The SMILES string of the molecule is CC(=O)N1C(C)CC(CC(C)NC(C)c2ccccc2)N1c1ccccc1. The number of anilines is 1. The zero-order valence-corrected chi connectivity index (χ0v) is 16.8. The quantitative estimate of drug-likeness (QED) is 0.816. The number of hydrogen-bond acceptors (Lipinski definition) is 3. The lowest BCUT2D eigenvalue weighted by molar-refractivity contribution is -0.130. The van der Waals surface area contributed by atoms with Gasteiger partial charge in [-0.15, -0.1) is 0 Å². The normalized spacial score (nSPS) is 21.9. The maximum atomic E-state index is 12.3. The van der Waals surface area contributed by atoms with E-state index in [4.69, 9.17) is 0 Å². The van der Waals surface area contributed by atoms with Crippen LogP contribution in [-0.4, -0.2) is 29.0 Å². The molecule has 1 aliphatic heterocycles. The highest BCUT2D eigenvalue weighted by Crippen LogP contribution is 2.33. The van der Waals surface area contributed by atoms with E-state index in [-0.39, 0.29) is 11.9 Å². The number of nitrogens with zero attached hydrogens (tertiary/aromatic N) is 2. The molecule has 4 atom stereocenters. The Labute approximate surface area is 163 Å². The summed E-state index contributed by atoms with van der Waals surface area (Å²) in [5, 5.41) is 7.85. The van der Waals surface area contributed by atoms with Crippen molar-refractivity contribution in [2.24, 2.45) is 0 Å². The number of amides is 1. The molecule has 3 rings (SSSR count). The van der Waals surface area contributed by atoms with E-state index in [0.717, 1.165) is 18.5 Å². The van der Waals surface area contributed by atoms with Gasteiger partial charge in [0.05, 0.1) is 17.8 Å². The topological polar surface area (TPSA) is 35.6 Å². The van der Waals surface area contributed by atoms with Crippen LogP contribution in [0.15, 0.2) is 60.7 Å². The molecule has 0 aromatic heterocycles. The van der Waals surface area contributed by atoms with Crippen LogP contribution in [0.4, 0.5) is 5.69 Å². The number of rotatable bonds is 6. The molecule has 1 heterocycles. The first-order valence-electron chi connectivity index (χ1n) is 9.92. The molecule has 1 amide bonds. The molecule has 0 saturated carbocycles. The summed E-state index contributed by atoms with van der Waals surface area (Å²) in [4.78, 5) is 12.3. The first-order valence-corrected chi connectivity index (χ1v) is 9.92. The average molecular weight is 366 g/mol. The molecular weight excluding hydrogens is 334 g/mol. The number of hydrazine groups is 1. The second kappa shape index (κ2) is 8.57. The highest BCUT2D eigenvalue weighted by Gasteiger charge is 2.39. The summed E-state index contributed by atoms with van der Waals surface area (Å²) in [7, 11) is 0. The molecule has 4 nitrogen and oxygen atoms in total. The van der Waals surface area contributed by atoms with E-state index < -0.39 is 0 Å². The largest absolute Gasteiger partial charge is 0.308 e. The molecule has 1 N–H and O–H groups in total. The van der Waals surface area contributed by atoms with E-state index in [1.165, 1.54) is 5.56 Å². The summed E-state index contributed by atoms with van der Waals surface area (Å²) in [5.41, 5.74) is 2.39. The second-order valence-electron chi connectivity index (χ2n) is 7.72. The molecule has 4 unspecified atom stereocenters. The number of nitrogens with one attached hydrogen (secondary N) is 1. The first-order chi connectivity index (χ1) is 13.0. The number of carbonyl (C=O) groups excluding carboxylic acids is 1. The van der Waals surface area contributed by atoms with E-state index in [1.807, 2.05) is 29.3 Å². The van der Waals surface area contributed by atoms with Gasteiger partial charge in [0, 0.05) is 19.0 Å². The molecule has 0 spiro atoms. The third kappa shape index (κ3) is 4.51. The zero-order chi connectivity index (χ0) is 19.4. The first kappa shape index (κ1) is 19.4. The van der Waals surface area contributed by atoms with Crippen molar-refractivity contribution in [2.45, 2.75) is 64.7 Å². The molecule has 1 fully saturated rings. The summed E-state index contributed by atoms with van der Waals surface area (Å²) in [5.74, 6) is 0.104. The Kier molecular flexibility index (Phi) is 6.17. The number of hydrogen-bond donors (Lipinski definition) is 1. The highest BCUT2D eigenvalue weighted by atomic mass is 16.2. The van der Waals surface area contributed by atoms with Gasteiger partial charge in [-0.1, -0.05) is 48.5 Å². The van der Waals surface area contributed by atoms with E-state index in [1.54, 1.807) is 6.92 Å². The monoisotopic (exact) mass is 365 g/mol. The fourth-order valence-corrected chi connectivity index (χ4v) is 4.30. The van der Waals surface area contributed by atoms with Crippen LogP contribution in [0.5, 0.6) is 0 Å². The highest BCUT2D eigenvalue weighted by molar-refractivity contribution is 5.76. The smallest absolute Gasteiger partial charge is 0.238 e. The van der Waals surface area contributed by atoms with Gasteiger partial charge in [-0.25, -0.2) is 0 Å². The molecule has 27 heavy (non-hydrogen) atoms. The van der Waals surface area contributed by atoms with Crippen LogP contribution in [0.2, 0.25) is 0 Å². The molecule has 0 radical (unpaired) electrons. The standard InChI is InChI=1S/C23H31N3O/c1-17(24-19(3)21-11-7-5-8-12-21)15-23-16-18(2)25(20(4)27)26(23)22-13-9-6-10-14-22/h5-14,17-19,23-24H,15-16H2,1-4H3. The van der Waals surface area contributed by atoms with Gasteiger partial charge in [-0.05, 0) is 51.3 Å². The molecule has 0 aliphatic carbocycles. The minimum absolute atomic E-state index is 0.104. The summed E-state index contributed by atoms with van der Waals surface area (Å²) in [6.45, 7) is 8.25. The number of carbonyl (C=O) groups is 1. The molecule has 0 bridgehead atoms. The van der Waals surface area contributed by atoms with Crippen molar-refractivity contribution in [2.75, 3.05) is 5.01 Å². The van der Waals surface area contributed by atoms with Crippen LogP contribution in [0.25, 0.3) is 0 Å². The van der Waals surface area contributed by atoms with Gasteiger partial charge < -0.3 is 5.32 Å². The van der Waals surface area contributed by atoms with Crippen molar-refractivity contribution in [1.82, 2.24) is 10.3 Å². The summed E-state index contributed by atoms with van der Waals surface area (Å²) >= 11 is 0. The van der Waals surface area contributed by atoms with Crippen molar-refractivity contribution in [3.8, 4) is 0 Å². The Morgan fingerprint density at radius 2 is 1.67 bits per heavy atom. The van der Waals surface area contributed by atoms with Crippen LogP contribution in [-0.2, 0) is 4.79 Å². The van der Waals surface area contributed by atoms with Crippen LogP contribution >= 0.6 is 0 Å². The molecule has 4 heteroatoms. The lowest BCUT2D eigenvalue weighted by atomic mass is 10.0. The van der Waals surface area contributed by atoms with Gasteiger partial charge in [-0.3, -0.25) is 14.8 Å². The summed E-state index contributed by atoms with van der Waals surface area (Å²) < 4.78 is 0. The summed E-state index contributed by atoms with van der Waals surface area (Å²) in [6, 6.07) is 22.0. The number of para-hydroxylation sites is 1. The maximum Gasteiger partial charge on any atom is 0.238 e. The van der Waals surface area contributed by atoms with Gasteiger partial charge in [0.15, 0.2) is 0 Å². The Bertz CT molecular complexity index is 734. The van der Waals surface area contributed by atoms with Gasteiger partial charge >= 0.3 is 0 Å². The Morgan fingerprint density at radius 1 is 1.07 bits per heavy atom. The van der Waals surface area contributed by atoms with Crippen molar-refractivity contribution in [3.63, 3.8) is 0 Å².